The van der Waals surface area contributed by atoms with Crippen LogP contribution in [0.3, 0.4) is 0 Å². The predicted octanol–water partition coefficient (Wildman–Crippen LogP) is 4.29. The van der Waals surface area contributed by atoms with Gasteiger partial charge in [0.1, 0.15) is 0 Å². The molecule has 2 heteroatoms. The lowest BCUT2D eigenvalue weighted by atomic mass is 9.64. The first-order valence-corrected chi connectivity index (χ1v) is 8.06. The van der Waals surface area contributed by atoms with E-state index in [9.17, 15) is 0 Å². The smallest absolute Gasteiger partial charge is 0.0892 e. The van der Waals surface area contributed by atoms with Crippen LogP contribution in [0.4, 0.5) is 5.69 Å². The van der Waals surface area contributed by atoms with E-state index in [1.54, 1.807) is 0 Å². The fourth-order valence-electron chi connectivity index (χ4n) is 4.21. The van der Waals surface area contributed by atoms with Crippen LogP contribution in [0.15, 0.2) is 35.9 Å². The Morgan fingerprint density at radius 3 is 2.38 bits per heavy atom. The van der Waals surface area contributed by atoms with Gasteiger partial charge >= 0.3 is 0 Å². The summed E-state index contributed by atoms with van der Waals surface area (Å²) in [6.45, 7) is 7.91. The third kappa shape index (κ3) is 2.50. The summed E-state index contributed by atoms with van der Waals surface area (Å²) in [5.41, 5.74) is 4.07. The molecule has 0 spiro atoms. The zero-order valence-corrected chi connectivity index (χ0v) is 13.8. The van der Waals surface area contributed by atoms with Crippen molar-refractivity contribution in [2.75, 3.05) is 25.6 Å². The highest BCUT2D eigenvalue weighted by atomic mass is 16.5. The van der Waals surface area contributed by atoms with E-state index in [2.05, 4.69) is 70.1 Å². The van der Waals surface area contributed by atoms with E-state index in [1.807, 2.05) is 0 Å². The van der Waals surface area contributed by atoms with Gasteiger partial charge in [0.2, 0.25) is 0 Å². The van der Waals surface area contributed by atoms with Gasteiger partial charge in [-0.1, -0.05) is 37.6 Å². The summed E-state index contributed by atoms with van der Waals surface area (Å²) >= 11 is 0. The maximum atomic E-state index is 6.29. The van der Waals surface area contributed by atoms with Gasteiger partial charge in [-0.25, -0.2) is 0 Å². The summed E-state index contributed by atoms with van der Waals surface area (Å²) in [5, 5.41) is 0. The Kier molecular flexibility index (Phi) is 3.83. The van der Waals surface area contributed by atoms with Gasteiger partial charge in [0.15, 0.2) is 0 Å². The first kappa shape index (κ1) is 14.6. The van der Waals surface area contributed by atoms with Crippen molar-refractivity contribution in [3.63, 3.8) is 0 Å². The van der Waals surface area contributed by atoms with Crippen LogP contribution < -0.4 is 4.90 Å². The quantitative estimate of drug-likeness (QED) is 0.752. The first-order chi connectivity index (χ1) is 9.99. The Bertz CT molecular complexity index is 531. The highest BCUT2D eigenvalue weighted by Gasteiger charge is 2.43. The lowest BCUT2D eigenvalue weighted by Crippen LogP contribution is -2.42. The summed E-state index contributed by atoms with van der Waals surface area (Å²) in [5.74, 6) is 2.56. The van der Waals surface area contributed by atoms with Gasteiger partial charge in [-0.2, -0.15) is 0 Å². The standard InChI is InChI=1S/C19H27NO/c1-12-10-13(2)18-14(3)17(12)11-21-19(18)15-6-8-16(9-7-15)20(4)5/h6-10,12,14,17-19H,11H2,1-5H3/t12-,14+,17-,18+,19+/m0/s1. The molecule has 2 bridgehead atoms. The molecule has 0 saturated carbocycles. The van der Waals surface area contributed by atoms with Crippen molar-refractivity contribution in [1.82, 2.24) is 0 Å². The van der Waals surface area contributed by atoms with Crippen LogP contribution in [0, 0.1) is 23.7 Å². The molecule has 1 aromatic carbocycles. The second kappa shape index (κ2) is 5.49. The average Bonchev–Trinajstić information content (AvgIpc) is 2.44. The van der Waals surface area contributed by atoms with Crippen molar-refractivity contribution in [3.8, 4) is 0 Å². The van der Waals surface area contributed by atoms with Crippen molar-refractivity contribution in [2.24, 2.45) is 23.7 Å². The summed E-state index contributed by atoms with van der Waals surface area (Å²) in [6, 6.07) is 8.86. The molecule has 1 saturated heterocycles. The number of allylic oxidation sites excluding steroid dienone is 1. The predicted molar refractivity (Wildman–Crippen MR) is 88.5 cm³/mol. The molecule has 0 unspecified atom stereocenters. The molecule has 1 aliphatic carbocycles. The highest BCUT2D eigenvalue weighted by Crippen LogP contribution is 2.49. The number of rotatable bonds is 2. The molecule has 2 aliphatic rings. The van der Waals surface area contributed by atoms with Gasteiger partial charge in [0.25, 0.3) is 0 Å². The van der Waals surface area contributed by atoms with Crippen molar-refractivity contribution in [1.29, 1.82) is 0 Å². The summed E-state index contributed by atoms with van der Waals surface area (Å²) in [7, 11) is 4.16. The Morgan fingerprint density at radius 2 is 1.76 bits per heavy atom. The lowest BCUT2D eigenvalue weighted by molar-refractivity contribution is -0.0934. The van der Waals surface area contributed by atoms with Crippen LogP contribution in [-0.4, -0.2) is 20.7 Å². The van der Waals surface area contributed by atoms with Gasteiger partial charge in [0, 0.05) is 25.7 Å². The van der Waals surface area contributed by atoms with E-state index in [4.69, 9.17) is 4.74 Å². The van der Waals surface area contributed by atoms with Crippen LogP contribution in [0.1, 0.15) is 32.4 Å². The second-order valence-corrected chi connectivity index (χ2v) is 7.06. The minimum Gasteiger partial charge on any atom is -0.378 e. The van der Waals surface area contributed by atoms with E-state index >= 15 is 0 Å². The van der Waals surface area contributed by atoms with Crippen molar-refractivity contribution >= 4 is 5.69 Å². The zero-order chi connectivity index (χ0) is 15.1. The number of fused-ring (bicyclic) bond motifs is 2. The number of hydrogen-bond acceptors (Lipinski definition) is 2. The Labute approximate surface area is 128 Å². The third-order valence-electron chi connectivity index (χ3n) is 5.50. The van der Waals surface area contributed by atoms with E-state index in [-0.39, 0.29) is 6.10 Å². The number of hydrogen-bond donors (Lipinski definition) is 0. The molecule has 1 aromatic rings. The molecule has 5 atom stereocenters. The van der Waals surface area contributed by atoms with Crippen LogP contribution in [0.25, 0.3) is 0 Å². The number of anilines is 1. The maximum Gasteiger partial charge on any atom is 0.0892 e. The third-order valence-corrected chi connectivity index (χ3v) is 5.50. The van der Waals surface area contributed by atoms with Crippen LogP contribution >= 0.6 is 0 Å². The number of benzene rings is 1. The normalized spacial score (nSPS) is 35.3. The van der Waals surface area contributed by atoms with Gasteiger partial charge < -0.3 is 9.64 Å². The van der Waals surface area contributed by atoms with Gasteiger partial charge in [-0.15, -0.1) is 0 Å². The van der Waals surface area contributed by atoms with Gasteiger partial charge in [0.05, 0.1) is 12.7 Å². The Hall–Kier alpha value is -1.28. The molecule has 0 aromatic heterocycles. The monoisotopic (exact) mass is 285 g/mol. The van der Waals surface area contributed by atoms with Crippen LogP contribution in [-0.2, 0) is 4.74 Å². The second-order valence-electron chi connectivity index (χ2n) is 7.06. The van der Waals surface area contributed by atoms with E-state index in [0.717, 1.165) is 6.61 Å². The molecule has 0 N–H and O–H groups in total. The molecule has 21 heavy (non-hydrogen) atoms. The number of nitrogens with zero attached hydrogens (tertiary/aromatic N) is 1. The Balaban J connectivity index is 1.90. The molecule has 0 radical (unpaired) electrons. The molecule has 2 nitrogen and oxygen atoms in total. The zero-order valence-electron chi connectivity index (χ0n) is 13.8. The Morgan fingerprint density at radius 1 is 1.10 bits per heavy atom. The topological polar surface area (TPSA) is 12.5 Å². The lowest BCUT2D eigenvalue weighted by Gasteiger charge is -2.47. The minimum atomic E-state index is 0.219. The fraction of sp³-hybridized carbons (Fsp3) is 0.579. The van der Waals surface area contributed by atoms with Crippen LogP contribution in [0.5, 0.6) is 0 Å². The molecule has 1 aliphatic heterocycles. The van der Waals surface area contributed by atoms with E-state index < -0.39 is 0 Å². The van der Waals surface area contributed by atoms with Crippen molar-refractivity contribution < 1.29 is 4.74 Å². The van der Waals surface area contributed by atoms with Gasteiger partial charge in [-0.3, -0.25) is 0 Å². The first-order valence-electron chi connectivity index (χ1n) is 8.06. The molecule has 3 rings (SSSR count). The molecule has 114 valence electrons. The molecule has 1 heterocycles. The summed E-state index contributed by atoms with van der Waals surface area (Å²) < 4.78 is 6.29. The van der Waals surface area contributed by atoms with Crippen LogP contribution in [0.2, 0.25) is 0 Å². The van der Waals surface area contributed by atoms with Crippen molar-refractivity contribution in [3.05, 3.63) is 41.5 Å². The van der Waals surface area contributed by atoms with Gasteiger partial charge in [-0.05, 0) is 42.4 Å². The number of ether oxygens (including phenoxy) is 1. The molecule has 1 fully saturated rings. The summed E-state index contributed by atoms with van der Waals surface area (Å²) in [4.78, 5) is 2.14. The SMILES string of the molecule is CC1=C[C@H](C)[C@@H]2CO[C@H](c3ccc(N(C)C)cc3)[C@H]1[C@@H]2C. The largest absolute Gasteiger partial charge is 0.378 e. The summed E-state index contributed by atoms with van der Waals surface area (Å²) in [6.07, 6.45) is 2.69. The average molecular weight is 285 g/mol. The highest BCUT2D eigenvalue weighted by molar-refractivity contribution is 5.46. The molecular formula is C19H27NO. The van der Waals surface area contributed by atoms with E-state index in [0.29, 0.717) is 23.7 Å². The minimum absolute atomic E-state index is 0.219. The maximum absolute atomic E-state index is 6.29. The fourth-order valence-corrected chi connectivity index (χ4v) is 4.21. The molecule has 0 amide bonds. The van der Waals surface area contributed by atoms with Crippen molar-refractivity contribution in [2.45, 2.75) is 26.9 Å². The van der Waals surface area contributed by atoms with E-state index in [1.165, 1.54) is 16.8 Å². The molecular weight excluding hydrogens is 258 g/mol.